The number of nitriles is 1. The molecule has 0 fully saturated rings. The van der Waals surface area contributed by atoms with Gasteiger partial charge in [0.1, 0.15) is 24.1 Å². The number of rotatable bonds is 8. The van der Waals surface area contributed by atoms with Crippen molar-refractivity contribution in [1.29, 1.82) is 5.26 Å². The number of ether oxygens (including phenoxy) is 1. The number of fused-ring (bicyclic) bond motifs is 1. The summed E-state index contributed by atoms with van der Waals surface area (Å²) >= 11 is 0. The molecule has 1 aromatic heterocycles. The molecule has 0 atom stereocenters. The Balaban J connectivity index is 1.56. The third-order valence-electron chi connectivity index (χ3n) is 5.71. The topological polar surface area (TPSA) is 98.5 Å². The Morgan fingerprint density at radius 1 is 1.27 bits per heavy atom. The molecule has 0 saturated carbocycles. The van der Waals surface area contributed by atoms with Crippen molar-refractivity contribution in [2.45, 2.75) is 13.0 Å². The summed E-state index contributed by atoms with van der Waals surface area (Å²) < 4.78 is 5.82. The van der Waals surface area contributed by atoms with Gasteiger partial charge < -0.3 is 20.1 Å². The Morgan fingerprint density at radius 3 is 2.91 bits per heavy atom. The summed E-state index contributed by atoms with van der Waals surface area (Å²) in [6, 6.07) is 17.4. The van der Waals surface area contributed by atoms with Gasteiger partial charge >= 0.3 is 0 Å². The van der Waals surface area contributed by atoms with Gasteiger partial charge in [0, 0.05) is 32.8 Å². The average Bonchev–Trinajstić information content (AvgIpc) is 2.84. The molecule has 0 amide bonds. The number of hydrogen-bond donors (Lipinski definition) is 2. The van der Waals surface area contributed by atoms with Crippen LogP contribution in [0, 0.1) is 11.3 Å². The molecule has 1 aliphatic rings. The first-order chi connectivity index (χ1) is 16.1. The predicted molar refractivity (Wildman–Crippen MR) is 126 cm³/mol. The van der Waals surface area contributed by atoms with E-state index in [9.17, 15) is 10.1 Å². The second kappa shape index (κ2) is 10.3. The van der Waals surface area contributed by atoms with Crippen molar-refractivity contribution in [3.63, 3.8) is 0 Å². The van der Waals surface area contributed by atoms with Crippen molar-refractivity contribution in [2.75, 3.05) is 38.3 Å². The van der Waals surface area contributed by atoms with Crippen molar-refractivity contribution in [2.24, 2.45) is 0 Å². The van der Waals surface area contributed by atoms with Crippen LogP contribution in [0.15, 0.2) is 54.7 Å². The smallest absolute Gasteiger partial charge is 0.185 e. The lowest BCUT2D eigenvalue weighted by Gasteiger charge is -2.28. The van der Waals surface area contributed by atoms with Gasteiger partial charge in [0.25, 0.3) is 0 Å². The molecule has 1 aliphatic heterocycles. The highest BCUT2D eigenvalue weighted by Gasteiger charge is 2.19. The number of nitrogens with one attached hydrogen (secondary N) is 1. The quantitative estimate of drug-likeness (QED) is 0.409. The molecule has 2 N–H and O–H groups in total. The Hall–Kier alpha value is -3.73. The van der Waals surface area contributed by atoms with Gasteiger partial charge in [0.05, 0.1) is 24.4 Å². The van der Waals surface area contributed by atoms with E-state index in [0.29, 0.717) is 36.5 Å². The molecule has 0 aliphatic carbocycles. The monoisotopic (exact) mass is 442 g/mol. The molecular formula is C26H26N4O3. The first kappa shape index (κ1) is 22.5. The predicted octanol–water partition coefficient (Wildman–Crippen LogP) is 2.96. The highest BCUT2D eigenvalue weighted by atomic mass is 16.5. The summed E-state index contributed by atoms with van der Waals surface area (Å²) in [7, 11) is 2.03. The maximum absolute atomic E-state index is 12.9. The maximum Gasteiger partial charge on any atom is 0.185 e. The van der Waals surface area contributed by atoms with Crippen molar-refractivity contribution in [3.05, 3.63) is 77.1 Å². The van der Waals surface area contributed by atoms with E-state index in [2.05, 4.69) is 21.3 Å². The molecule has 33 heavy (non-hydrogen) atoms. The third-order valence-corrected chi connectivity index (χ3v) is 5.71. The zero-order chi connectivity index (χ0) is 23.2. The largest absolute Gasteiger partial charge is 0.490 e. The number of benzene rings is 2. The summed E-state index contributed by atoms with van der Waals surface area (Å²) in [5, 5.41) is 21.8. The number of likely N-dealkylation sites (N-methyl/N-ethyl adjacent to an activating group) is 1. The van der Waals surface area contributed by atoms with E-state index < -0.39 is 0 Å². The lowest BCUT2D eigenvalue weighted by atomic mass is 9.93. The number of aliphatic hydroxyl groups excluding tert-OH is 1. The van der Waals surface area contributed by atoms with Crippen LogP contribution in [0.1, 0.15) is 27.2 Å². The molecule has 2 heterocycles. The summed E-state index contributed by atoms with van der Waals surface area (Å²) in [6.45, 7) is 2.60. The summed E-state index contributed by atoms with van der Waals surface area (Å²) in [4.78, 5) is 19.3. The molecule has 0 saturated heterocycles. The highest BCUT2D eigenvalue weighted by Crippen LogP contribution is 2.36. The molecule has 7 heteroatoms. The van der Waals surface area contributed by atoms with E-state index in [4.69, 9.17) is 9.84 Å². The van der Waals surface area contributed by atoms with E-state index in [1.54, 1.807) is 12.3 Å². The van der Waals surface area contributed by atoms with Gasteiger partial charge in [0.15, 0.2) is 5.78 Å². The number of anilines is 1. The van der Waals surface area contributed by atoms with Crippen LogP contribution in [0.5, 0.6) is 5.75 Å². The van der Waals surface area contributed by atoms with Gasteiger partial charge in [-0.1, -0.05) is 30.3 Å². The van der Waals surface area contributed by atoms with E-state index in [1.807, 2.05) is 49.5 Å². The summed E-state index contributed by atoms with van der Waals surface area (Å²) in [6.07, 6.45) is 1.75. The molecule has 0 bridgehead atoms. The van der Waals surface area contributed by atoms with E-state index >= 15 is 0 Å². The minimum Gasteiger partial charge on any atom is -0.490 e. The first-order valence-corrected chi connectivity index (χ1v) is 10.9. The molecule has 2 aromatic carbocycles. The normalized spacial score (nSPS) is 12.6. The number of nitrogens with zero attached hydrogens (tertiary/aromatic N) is 3. The number of pyridine rings is 1. The van der Waals surface area contributed by atoms with E-state index in [-0.39, 0.29) is 18.8 Å². The van der Waals surface area contributed by atoms with Crippen molar-refractivity contribution < 1.29 is 14.6 Å². The molecule has 0 radical (unpaired) electrons. The molecule has 0 unspecified atom stereocenters. The summed E-state index contributed by atoms with van der Waals surface area (Å²) in [5.74, 6) is 0.651. The SMILES string of the molecule is CN1CCOc2cc(-c3cccc(CC(=O)c4ccc(CNCCO)cn4)c3C#N)ccc21. The molecular weight excluding hydrogens is 416 g/mol. The van der Waals surface area contributed by atoms with Gasteiger partial charge in [0.2, 0.25) is 0 Å². The minimum atomic E-state index is -0.145. The number of hydrogen-bond acceptors (Lipinski definition) is 7. The lowest BCUT2D eigenvalue weighted by Crippen LogP contribution is -2.28. The number of carbonyl (C=O) groups excluding carboxylic acids is 1. The fraction of sp³-hybridized carbons (Fsp3) is 0.269. The summed E-state index contributed by atoms with van der Waals surface area (Å²) in [5.41, 5.74) is 5.14. The Kier molecular flexibility index (Phi) is 6.98. The minimum absolute atomic E-state index is 0.0693. The Labute approximate surface area is 193 Å². The van der Waals surface area contributed by atoms with Crippen LogP contribution < -0.4 is 15.0 Å². The van der Waals surface area contributed by atoms with Crippen LogP contribution >= 0.6 is 0 Å². The fourth-order valence-electron chi connectivity index (χ4n) is 3.91. The zero-order valence-electron chi connectivity index (χ0n) is 18.5. The van der Waals surface area contributed by atoms with Crippen LogP contribution in [-0.2, 0) is 13.0 Å². The average molecular weight is 443 g/mol. The van der Waals surface area contributed by atoms with Crippen LogP contribution in [0.4, 0.5) is 5.69 Å². The van der Waals surface area contributed by atoms with Crippen molar-refractivity contribution in [3.8, 4) is 22.9 Å². The molecule has 3 aromatic rings. The fourth-order valence-corrected chi connectivity index (χ4v) is 3.91. The van der Waals surface area contributed by atoms with E-state index in [0.717, 1.165) is 34.7 Å². The molecule has 168 valence electrons. The Morgan fingerprint density at radius 2 is 2.15 bits per heavy atom. The van der Waals surface area contributed by atoms with Crippen LogP contribution in [-0.4, -0.2) is 49.2 Å². The maximum atomic E-state index is 12.9. The third kappa shape index (κ3) is 5.03. The second-order valence-electron chi connectivity index (χ2n) is 7.96. The number of ketones is 1. The molecule has 0 spiro atoms. The Bertz CT molecular complexity index is 1190. The second-order valence-corrected chi connectivity index (χ2v) is 7.96. The van der Waals surface area contributed by atoms with Crippen LogP contribution in [0.3, 0.4) is 0 Å². The van der Waals surface area contributed by atoms with Gasteiger partial charge in [-0.05, 0) is 40.5 Å². The lowest BCUT2D eigenvalue weighted by molar-refractivity contribution is 0.0988. The highest BCUT2D eigenvalue weighted by molar-refractivity contribution is 5.96. The number of aromatic nitrogens is 1. The standard InChI is InChI=1S/C26H26N4O3/c1-30-10-12-33-26-14-20(6-8-24(26)30)21-4-2-3-19(22(21)15-27)13-25(32)23-7-5-18(17-29-23)16-28-9-11-31/h2-8,14,17,28,31H,9-13,16H2,1H3. The number of carbonyl (C=O) groups is 1. The van der Waals surface area contributed by atoms with Gasteiger partial charge in [-0.25, -0.2) is 0 Å². The molecule has 7 nitrogen and oxygen atoms in total. The van der Waals surface area contributed by atoms with Crippen LogP contribution in [0.25, 0.3) is 11.1 Å². The van der Waals surface area contributed by atoms with Gasteiger partial charge in [-0.2, -0.15) is 5.26 Å². The zero-order valence-corrected chi connectivity index (χ0v) is 18.5. The molecule has 4 rings (SSSR count). The number of Topliss-reactive ketones (excluding diaryl/α,β-unsaturated/α-hetero) is 1. The van der Waals surface area contributed by atoms with Gasteiger partial charge in [-0.3, -0.25) is 9.78 Å². The van der Waals surface area contributed by atoms with Crippen LogP contribution in [0.2, 0.25) is 0 Å². The van der Waals surface area contributed by atoms with Gasteiger partial charge in [-0.15, -0.1) is 0 Å². The van der Waals surface area contributed by atoms with E-state index in [1.165, 1.54) is 0 Å². The van der Waals surface area contributed by atoms with Crippen molar-refractivity contribution >= 4 is 11.5 Å². The first-order valence-electron chi connectivity index (χ1n) is 10.9. The number of aliphatic hydroxyl groups is 1. The van der Waals surface area contributed by atoms with Crippen molar-refractivity contribution in [1.82, 2.24) is 10.3 Å².